The third kappa shape index (κ3) is 2.85. The molecule has 3 N–H and O–H groups in total. The number of carboxylic acids is 1. The van der Waals surface area contributed by atoms with Crippen LogP contribution in [-0.2, 0) is 4.79 Å². The lowest BCUT2D eigenvalue weighted by Crippen LogP contribution is -2.51. The van der Waals surface area contributed by atoms with E-state index in [0.29, 0.717) is 19.4 Å². The third-order valence-corrected chi connectivity index (χ3v) is 5.14. The molecule has 2 aliphatic rings. The first-order valence-corrected chi connectivity index (χ1v) is 7.27. The van der Waals surface area contributed by atoms with E-state index in [-0.39, 0.29) is 18.0 Å². The number of hydrogen-bond donors (Lipinski definition) is 3. The largest absolute Gasteiger partial charge is 0.481 e. The van der Waals surface area contributed by atoms with E-state index in [1.165, 1.54) is 19.3 Å². The molecule has 2 fully saturated rings. The number of aliphatic carboxylic acids is 1. The molecule has 2 saturated carbocycles. The van der Waals surface area contributed by atoms with Gasteiger partial charge in [0.05, 0.1) is 5.41 Å². The molecule has 0 spiro atoms. The number of rotatable bonds is 6. The highest BCUT2D eigenvalue weighted by Gasteiger charge is 2.44. The van der Waals surface area contributed by atoms with Crippen molar-refractivity contribution in [2.75, 3.05) is 13.1 Å². The zero-order valence-electron chi connectivity index (χ0n) is 11.6. The highest BCUT2D eigenvalue weighted by molar-refractivity contribution is 5.78. The summed E-state index contributed by atoms with van der Waals surface area (Å²) in [6.45, 7) is 3.11. The monoisotopic (exact) mass is 268 g/mol. The molecule has 0 aromatic rings. The molecule has 5 heteroatoms. The normalized spacial score (nSPS) is 22.8. The lowest BCUT2D eigenvalue weighted by Gasteiger charge is -2.41. The van der Waals surface area contributed by atoms with Crippen LogP contribution in [0.3, 0.4) is 0 Å². The van der Waals surface area contributed by atoms with Crippen LogP contribution in [0.25, 0.3) is 0 Å². The highest BCUT2D eigenvalue weighted by atomic mass is 16.4. The number of hydrogen-bond acceptors (Lipinski definition) is 2. The Labute approximate surface area is 114 Å². The molecule has 2 aliphatic carbocycles. The van der Waals surface area contributed by atoms with E-state index < -0.39 is 11.4 Å². The van der Waals surface area contributed by atoms with Crippen LogP contribution in [-0.4, -0.2) is 30.2 Å². The number of carbonyl (C=O) groups is 2. The second-order valence-electron chi connectivity index (χ2n) is 6.18. The van der Waals surface area contributed by atoms with Gasteiger partial charge in [0, 0.05) is 13.1 Å². The van der Waals surface area contributed by atoms with E-state index in [9.17, 15) is 9.59 Å². The Hall–Kier alpha value is -1.26. The molecule has 0 saturated heterocycles. The summed E-state index contributed by atoms with van der Waals surface area (Å²) in [4.78, 5) is 22.9. The molecule has 2 rings (SSSR count). The van der Waals surface area contributed by atoms with Gasteiger partial charge in [-0.25, -0.2) is 4.79 Å². The van der Waals surface area contributed by atoms with Gasteiger partial charge in [-0.05, 0) is 37.5 Å². The van der Waals surface area contributed by atoms with Gasteiger partial charge in [0.2, 0.25) is 0 Å². The van der Waals surface area contributed by atoms with Crippen molar-refractivity contribution in [1.82, 2.24) is 10.6 Å². The maximum absolute atomic E-state index is 11.7. The first-order chi connectivity index (χ1) is 9.02. The van der Waals surface area contributed by atoms with Gasteiger partial charge in [-0.3, -0.25) is 4.79 Å². The van der Waals surface area contributed by atoms with Crippen molar-refractivity contribution in [1.29, 1.82) is 0 Å². The van der Waals surface area contributed by atoms with Gasteiger partial charge >= 0.3 is 12.0 Å². The SMILES string of the molecule is CCC1(CNC(=O)NCC2(C(=O)O)CCC2)CCC1. The van der Waals surface area contributed by atoms with Crippen molar-refractivity contribution < 1.29 is 14.7 Å². The van der Waals surface area contributed by atoms with Crippen LogP contribution >= 0.6 is 0 Å². The van der Waals surface area contributed by atoms with Crippen molar-refractivity contribution in [3.8, 4) is 0 Å². The number of amides is 2. The van der Waals surface area contributed by atoms with Gasteiger partial charge in [0.25, 0.3) is 0 Å². The summed E-state index contributed by atoms with van der Waals surface area (Å²) < 4.78 is 0. The van der Waals surface area contributed by atoms with Crippen molar-refractivity contribution in [2.24, 2.45) is 10.8 Å². The average molecular weight is 268 g/mol. The molecule has 0 radical (unpaired) electrons. The summed E-state index contributed by atoms with van der Waals surface area (Å²) in [6, 6.07) is -0.229. The van der Waals surface area contributed by atoms with Crippen LogP contribution < -0.4 is 10.6 Å². The van der Waals surface area contributed by atoms with Crippen LogP contribution in [0.2, 0.25) is 0 Å². The average Bonchev–Trinajstić information content (AvgIpc) is 2.26. The van der Waals surface area contributed by atoms with E-state index in [0.717, 1.165) is 12.8 Å². The molecule has 2 amide bonds. The first kappa shape index (κ1) is 14.2. The fraction of sp³-hybridized carbons (Fsp3) is 0.857. The molecular formula is C14H24N2O3. The highest BCUT2D eigenvalue weighted by Crippen LogP contribution is 2.43. The fourth-order valence-electron chi connectivity index (χ4n) is 2.98. The first-order valence-electron chi connectivity index (χ1n) is 7.27. The van der Waals surface area contributed by atoms with Crippen LogP contribution in [0.4, 0.5) is 4.79 Å². The second kappa shape index (κ2) is 5.39. The maximum Gasteiger partial charge on any atom is 0.314 e. The zero-order chi connectivity index (χ0) is 13.9. The third-order valence-electron chi connectivity index (χ3n) is 5.14. The van der Waals surface area contributed by atoms with Crippen LogP contribution in [0.15, 0.2) is 0 Å². The van der Waals surface area contributed by atoms with Crippen LogP contribution in [0, 0.1) is 10.8 Å². The lowest BCUT2D eigenvalue weighted by atomic mass is 9.67. The predicted octanol–water partition coefficient (Wildman–Crippen LogP) is 2.12. The molecular weight excluding hydrogens is 244 g/mol. The summed E-state index contributed by atoms with van der Waals surface area (Å²) in [5.74, 6) is -0.789. The fourth-order valence-corrected chi connectivity index (χ4v) is 2.98. The van der Waals surface area contributed by atoms with Crippen LogP contribution in [0.1, 0.15) is 51.9 Å². The number of carbonyl (C=O) groups excluding carboxylic acids is 1. The molecule has 108 valence electrons. The molecule has 0 bridgehead atoms. The van der Waals surface area contributed by atoms with E-state index in [2.05, 4.69) is 17.6 Å². The summed E-state index contributed by atoms with van der Waals surface area (Å²) in [7, 11) is 0. The molecule has 19 heavy (non-hydrogen) atoms. The van der Waals surface area contributed by atoms with E-state index >= 15 is 0 Å². The minimum atomic E-state index is -0.789. The molecule has 0 heterocycles. The summed E-state index contributed by atoms with van der Waals surface area (Å²) >= 11 is 0. The Morgan fingerprint density at radius 1 is 1.05 bits per heavy atom. The zero-order valence-corrected chi connectivity index (χ0v) is 11.6. The van der Waals surface area contributed by atoms with E-state index in [1.807, 2.05) is 0 Å². The Morgan fingerprint density at radius 3 is 2.00 bits per heavy atom. The molecule has 0 atom stereocenters. The lowest BCUT2D eigenvalue weighted by molar-refractivity contribution is -0.153. The smallest absolute Gasteiger partial charge is 0.314 e. The van der Waals surface area contributed by atoms with Gasteiger partial charge in [-0.1, -0.05) is 19.8 Å². The number of nitrogens with one attached hydrogen (secondary N) is 2. The Morgan fingerprint density at radius 2 is 1.63 bits per heavy atom. The van der Waals surface area contributed by atoms with Crippen molar-refractivity contribution in [3.63, 3.8) is 0 Å². The van der Waals surface area contributed by atoms with Gasteiger partial charge in [0.15, 0.2) is 0 Å². The molecule has 5 nitrogen and oxygen atoms in total. The molecule has 0 aromatic heterocycles. The van der Waals surface area contributed by atoms with Crippen molar-refractivity contribution >= 4 is 12.0 Å². The van der Waals surface area contributed by atoms with Gasteiger partial charge in [0.1, 0.15) is 0 Å². The quantitative estimate of drug-likeness (QED) is 0.690. The van der Waals surface area contributed by atoms with Gasteiger partial charge in [-0.2, -0.15) is 0 Å². The van der Waals surface area contributed by atoms with Crippen molar-refractivity contribution in [3.05, 3.63) is 0 Å². The predicted molar refractivity (Wildman–Crippen MR) is 71.9 cm³/mol. The summed E-state index contributed by atoms with van der Waals surface area (Å²) in [6.07, 6.45) is 6.98. The van der Waals surface area contributed by atoms with Crippen molar-refractivity contribution in [2.45, 2.75) is 51.9 Å². The van der Waals surface area contributed by atoms with Gasteiger partial charge in [-0.15, -0.1) is 0 Å². The van der Waals surface area contributed by atoms with Crippen LogP contribution in [0.5, 0.6) is 0 Å². The second-order valence-corrected chi connectivity index (χ2v) is 6.18. The molecule has 0 aliphatic heterocycles. The number of carboxylic acid groups (broad SMARTS) is 1. The van der Waals surface area contributed by atoms with Gasteiger partial charge < -0.3 is 15.7 Å². The molecule has 0 aromatic carbocycles. The Balaban J connectivity index is 1.71. The Kier molecular flexibility index (Phi) is 4.02. The summed E-state index contributed by atoms with van der Waals surface area (Å²) in [5.41, 5.74) is -0.422. The minimum absolute atomic E-state index is 0.229. The number of urea groups is 1. The standard InChI is InChI=1S/C14H24N2O3/c1-2-13(5-3-6-13)9-15-12(19)16-10-14(11(17)18)7-4-8-14/h2-10H2,1H3,(H,17,18)(H2,15,16,19). The van der Waals surface area contributed by atoms with E-state index in [4.69, 9.17) is 5.11 Å². The molecule has 0 unspecified atom stereocenters. The summed E-state index contributed by atoms with van der Waals surface area (Å²) in [5, 5.41) is 14.8. The van der Waals surface area contributed by atoms with E-state index in [1.54, 1.807) is 0 Å². The minimum Gasteiger partial charge on any atom is -0.481 e. The Bertz CT molecular complexity index is 354. The topological polar surface area (TPSA) is 78.4 Å². The maximum atomic E-state index is 11.7.